The second kappa shape index (κ2) is 6.84. The number of hydrogen-bond acceptors (Lipinski definition) is 7. The summed E-state index contributed by atoms with van der Waals surface area (Å²) < 4.78 is 0.543. The Kier molecular flexibility index (Phi) is 6.25. The largest absolute Gasteiger partial charge is 1.00 e. The van der Waals surface area contributed by atoms with Gasteiger partial charge in [0.05, 0.1) is 27.9 Å². The molecule has 0 unspecified atom stereocenters. The summed E-state index contributed by atoms with van der Waals surface area (Å²) in [6.45, 7) is 1.96. The Morgan fingerprint density at radius 1 is 1.68 bits per heavy atom. The van der Waals surface area contributed by atoms with E-state index in [1.165, 1.54) is 35.3 Å². The number of nitrogens with two attached hydrogens (primary N) is 1. The van der Waals surface area contributed by atoms with Gasteiger partial charge in [0, 0.05) is 12.3 Å². The van der Waals surface area contributed by atoms with E-state index >= 15 is 0 Å². The van der Waals surface area contributed by atoms with Gasteiger partial charge in [-0.2, -0.15) is 0 Å². The maximum absolute atomic E-state index is 11.8. The van der Waals surface area contributed by atoms with Gasteiger partial charge in [-0.25, -0.2) is 0 Å². The monoisotopic (exact) mass is 312 g/mol. The van der Waals surface area contributed by atoms with E-state index in [2.05, 4.69) is 0 Å². The van der Waals surface area contributed by atoms with Crippen LogP contribution in [0.15, 0.2) is 9.93 Å². The van der Waals surface area contributed by atoms with E-state index in [0.29, 0.717) is 16.5 Å². The van der Waals surface area contributed by atoms with Gasteiger partial charge in [0.1, 0.15) is 5.37 Å². The predicted molar refractivity (Wildman–Crippen MR) is 66.9 cm³/mol. The minimum atomic E-state index is -1.36. The van der Waals surface area contributed by atoms with Crippen LogP contribution in [0.3, 0.4) is 0 Å². The third kappa shape index (κ3) is 2.99. The number of amides is 1. The molecule has 2 heterocycles. The van der Waals surface area contributed by atoms with Crippen molar-refractivity contribution in [1.82, 2.24) is 4.90 Å². The van der Waals surface area contributed by atoms with Crippen LogP contribution in [0.5, 0.6) is 0 Å². The van der Waals surface area contributed by atoms with Crippen molar-refractivity contribution >= 4 is 35.4 Å². The van der Waals surface area contributed by atoms with E-state index in [-0.39, 0.29) is 46.5 Å². The Balaban J connectivity index is 0.00000180. The van der Waals surface area contributed by atoms with Crippen molar-refractivity contribution in [1.29, 1.82) is 0 Å². The number of carbonyl (C=O) groups excluding carboxylic acids is 2. The molecule has 0 aliphatic carbocycles. The summed E-state index contributed by atoms with van der Waals surface area (Å²) in [4.78, 5) is 24.1. The quantitative estimate of drug-likeness (QED) is 0.389. The van der Waals surface area contributed by atoms with Crippen LogP contribution in [0.2, 0.25) is 0 Å². The maximum Gasteiger partial charge on any atom is 1.00 e. The number of β-lactam (4-membered cyclic amide) rings is 1. The number of rotatable bonds is 5. The first kappa shape index (κ1) is 17.4. The third-order valence-corrected chi connectivity index (χ3v) is 5.50. The fourth-order valence-electron chi connectivity index (χ4n) is 1.99. The van der Waals surface area contributed by atoms with Crippen molar-refractivity contribution in [3.8, 4) is 0 Å². The van der Waals surface area contributed by atoms with Gasteiger partial charge in [-0.1, -0.05) is 11.8 Å². The van der Waals surface area contributed by atoms with Gasteiger partial charge >= 0.3 is 29.6 Å². The summed E-state index contributed by atoms with van der Waals surface area (Å²) in [6.07, 6.45) is -0.784. The summed E-state index contributed by atoms with van der Waals surface area (Å²) >= 11 is 2.59. The number of carboxylic acid groups (broad SMARTS) is 1. The molecule has 1 fully saturated rings. The molecule has 100 valence electrons. The second-order valence-corrected chi connectivity index (χ2v) is 6.53. The van der Waals surface area contributed by atoms with E-state index in [1.807, 2.05) is 0 Å². The second-order valence-electron chi connectivity index (χ2n) is 4.04. The van der Waals surface area contributed by atoms with Crippen LogP contribution in [0.4, 0.5) is 0 Å². The number of nitrogens with zero attached hydrogens (tertiary/aromatic N) is 1. The number of thioether (sulfide) groups is 2. The molecule has 0 aromatic rings. The molecular weight excluding hydrogens is 299 g/mol. The molecule has 3 atom stereocenters. The zero-order valence-electron chi connectivity index (χ0n) is 10.7. The Morgan fingerprint density at radius 3 is 2.79 bits per heavy atom. The molecule has 0 spiro atoms. The fraction of sp³-hybridized carbons (Fsp3) is 0.600. The zero-order valence-corrected chi connectivity index (χ0v) is 14.3. The molecule has 9 heteroatoms. The standard InChI is InChI=1S/C10H14N2O4S2.Na/c1-4(13)5-7(14)12-6(9(15)16)10(17-3-2-11)18-8(5)12;/h4-5,8,13H,2-3,11H2,1H3,(H,15,16);/q;+1/p-1/t4-,5+,8-;/m1./s1. The third-order valence-electron chi connectivity index (χ3n) is 2.81. The molecule has 0 saturated carbocycles. The van der Waals surface area contributed by atoms with Crippen LogP contribution in [0.1, 0.15) is 6.92 Å². The molecule has 0 radical (unpaired) electrons. The average molecular weight is 312 g/mol. The van der Waals surface area contributed by atoms with Gasteiger partial charge < -0.3 is 20.7 Å². The van der Waals surface area contributed by atoms with Crippen LogP contribution >= 0.6 is 23.5 Å². The molecule has 19 heavy (non-hydrogen) atoms. The Bertz CT molecular complexity index is 430. The van der Waals surface area contributed by atoms with Crippen LogP contribution in [-0.2, 0) is 9.59 Å². The van der Waals surface area contributed by atoms with E-state index in [1.54, 1.807) is 0 Å². The fourth-order valence-corrected chi connectivity index (χ4v) is 4.75. The van der Waals surface area contributed by atoms with Gasteiger partial charge in [-0.05, 0) is 6.92 Å². The van der Waals surface area contributed by atoms with Gasteiger partial charge in [-0.15, -0.1) is 11.8 Å². The number of aliphatic hydroxyl groups is 1. The molecule has 0 bridgehead atoms. The number of aliphatic hydroxyl groups excluding tert-OH is 1. The number of hydrogen-bond donors (Lipinski definition) is 2. The summed E-state index contributed by atoms with van der Waals surface area (Å²) in [5, 5.41) is 20.3. The van der Waals surface area contributed by atoms with E-state index < -0.39 is 18.0 Å². The Morgan fingerprint density at radius 2 is 2.32 bits per heavy atom. The molecule has 2 aliphatic heterocycles. The van der Waals surface area contributed by atoms with Gasteiger partial charge in [0.25, 0.3) is 0 Å². The van der Waals surface area contributed by atoms with Crippen molar-refractivity contribution in [2.75, 3.05) is 12.3 Å². The van der Waals surface area contributed by atoms with Crippen LogP contribution < -0.4 is 40.4 Å². The first-order valence-corrected chi connectivity index (χ1v) is 7.31. The summed E-state index contributed by atoms with van der Waals surface area (Å²) in [6, 6.07) is 0. The number of carboxylic acids is 1. The number of aliphatic carboxylic acids is 1. The van der Waals surface area contributed by atoms with Gasteiger partial charge in [0.15, 0.2) is 0 Å². The van der Waals surface area contributed by atoms with E-state index in [0.717, 1.165) is 0 Å². The minimum Gasteiger partial charge on any atom is -0.543 e. The van der Waals surface area contributed by atoms with Crippen molar-refractivity contribution in [2.45, 2.75) is 18.4 Å². The Labute approximate surface area is 141 Å². The normalized spacial score (nSPS) is 26.7. The molecule has 1 amide bonds. The Hall–Kier alpha value is 0.300. The SMILES string of the molecule is C[C@@H](O)[C@H]1C(=O)N2C(C(=O)[O-])=C(SCCN)S[C@H]12.[Na+]. The zero-order chi connectivity index (χ0) is 13.4. The molecule has 2 aliphatic rings. The smallest absolute Gasteiger partial charge is 0.543 e. The summed E-state index contributed by atoms with van der Waals surface area (Å²) in [5.74, 6) is -1.68. The van der Waals surface area contributed by atoms with Gasteiger partial charge in [-0.3, -0.25) is 9.69 Å². The summed E-state index contributed by atoms with van der Waals surface area (Å²) in [7, 11) is 0. The molecular formula is C10H13N2NaO4S2. The maximum atomic E-state index is 11.8. The number of fused-ring (bicyclic) bond motifs is 1. The molecule has 1 saturated heterocycles. The average Bonchev–Trinajstić information content (AvgIpc) is 2.60. The molecule has 3 N–H and O–H groups in total. The van der Waals surface area contributed by atoms with Crippen LogP contribution in [0, 0.1) is 5.92 Å². The van der Waals surface area contributed by atoms with Gasteiger partial charge in [0.2, 0.25) is 5.91 Å². The minimum absolute atomic E-state index is 0. The predicted octanol–water partition coefficient (Wildman–Crippen LogP) is -4.49. The first-order valence-electron chi connectivity index (χ1n) is 5.45. The van der Waals surface area contributed by atoms with Crippen molar-refractivity contribution in [3.05, 3.63) is 9.93 Å². The van der Waals surface area contributed by atoms with Crippen molar-refractivity contribution in [3.63, 3.8) is 0 Å². The number of carbonyl (C=O) groups is 2. The topological polar surface area (TPSA) is 107 Å². The van der Waals surface area contributed by atoms with E-state index in [4.69, 9.17) is 5.73 Å². The van der Waals surface area contributed by atoms with Crippen molar-refractivity contribution in [2.24, 2.45) is 11.7 Å². The molecule has 6 nitrogen and oxygen atoms in total. The molecule has 0 aromatic carbocycles. The first-order chi connectivity index (χ1) is 8.49. The van der Waals surface area contributed by atoms with Crippen LogP contribution in [0.25, 0.3) is 0 Å². The van der Waals surface area contributed by atoms with Crippen LogP contribution in [-0.4, -0.2) is 45.7 Å². The molecule has 0 aromatic heterocycles. The van der Waals surface area contributed by atoms with E-state index in [9.17, 15) is 19.8 Å². The molecule has 2 rings (SSSR count). The van der Waals surface area contributed by atoms with Crippen molar-refractivity contribution < 1.29 is 49.4 Å². The summed E-state index contributed by atoms with van der Waals surface area (Å²) in [5.41, 5.74) is 5.30.